The molecule has 0 bridgehead atoms. The second-order valence-electron chi connectivity index (χ2n) is 4.83. The van der Waals surface area contributed by atoms with Crippen LogP contribution in [0, 0.1) is 6.92 Å². The van der Waals surface area contributed by atoms with Crippen LogP contribution in [0.2, 0.25) is 0 Å². The van der Waals surface area contributed by atoms with Crippen LogP contribution in [0.4, 0.5) is 0 Å². The summed E-state index contributed by atoms with van der Waals surface area (Å²) in [5, 5.41) is 2.83. The fourth-order valence-corrected chi connectivity index (χ4v) is 2.29. The standard InChI is InChI=1S/C14H21NO3/c1-11-9-12(10-18-11)14(16)15-7-8-17-13-5-3-2-4-6-13/h9-10,13H,2-8H2,1H3,(H,15,16). The summed E-state index contributed by atoms with van der Waals surface area (Å²) in [7, 11) is 0. The SMILES string of the molecule is Cc1cc(C(=O)NCCOC2CCCCC2)co1. The monoisotopic (exact) mass is 251 g/mol. The van der Waals surface area contributed by atoms with E-state index in [0.29, 0.717) is 24.8 Å². The molecule has 1 amide bonds. The van der Waals surface area contributed by atoms with Crippen LogP contribution in [-0.4, -0.2) is 25.2 Å². The van der Waals surface area contributed by atoms with Crippen LogP contribution in [-0.2, 0) is 4.74 Å². The van der Waals surface area contributed by atoms with Crippen LogP contribution < -0.4 is 5.32 Å². The van der Waals surface area contributed by atoms with Crippen LogP contribution in [0.5, 0.6) is 0 Å². The van der Waals surface area contributed by atoms with E-state index in [4.69, 9.17) is 9.15 Å². The molecule has 1 fully saturated rings. The molecule has 2 rings (SSSR count). The van der Waals surface area contributed by atoms with Gasteiger partial charge in [-0.1, -0.05) is 19.3 Å². The molecule has 1 aliphatic carbocycles. The van der Waals surface area contributed by atoms with Crippen molar-refractivity contribution in [2.45, 2.75) is 45.1 Å². The van der Waals surface area contributed by atoms with Crippen molar-refractivity contribution in [3.05, 3.63) is 23.7 Å². The third-order valence-corrected chi connectivity index (χ3v) is 3.29. The number of amides is 1. The molecule has 1 N–H and O–H groups in total. The van der Waals surface area contributed by atoms with Crippen LogP contribution in [0.1, 0.15) is 48.2 Å². The van der Waals surface area contributed by atoms with Gasteiger partial charge in [0.05, 0.1) is 18.3 Å². The Morgan fingerprint density at radius 1 is 1.44 bits per heavy atom. The number of carbonyl (C=O) groups is 1. The van der Waals surface area contributed by atoms with Gasteiger partial charge in [-0.15, -0.1) is 0 Å². The summed E-state index contributed by atoms with van der Waals surface area (Å²) in [6, 6.07) is 1.73. The Morgan fingerprint density at radius 2 is 2.22 bits per heavy atom. The topological polar surface area (TPSA) is 51.5 Å². The van der Waals surface area contributed by atoms with Crippen LogP contribution >= 0.6 is 0 Å². The second kappa shape index (κ2) is 6.59. The fraction of sp³-hybridized carbons (Fsp3) is 0.643. The highest BCUT2D eigenvalue weighted by Gasteiger charge is 2.13. The summed E-state index contributed by atoms with van der Waals surface area (Å²) in [6.07, 6.45) is 8.07. The fourth-order valence-electron chi connectivity index (χ4n) is 2.29. The van der Waals surface area contributed by atoms with Gasteiger partial charge in [0, 0.05) is 6.54 Å². The van der Waals surface area contributed by atoms with Crippen LogP contribution in [0.25, 0.3) is 0 Å². The quantitative estimate of drug-likeness (QED) is 0.818. The smallest absolute Gasteiger partial charge is 0.254 e. The number of hydrogen-bond acceptors (Lipinski definition) is 3. The first-order valence-corrected chi connectivity index (χ1v) is 6.70. The van der Waals surface area contributed by atoms with Gasteiger partial charge in [-0.05, 0) is 25.8 Å². The Bertz CT molecular complexity index is 380. The van der Waals surface area contributed by atoms with Gasteiger partial charge in [0.15, 0.2) is 0 Å². The summed E-state index contributed by atoms with van der Waals surface area (Å²) >= 11 is 0. The Kier molecular flexibility index (Phi) is 4.81. The molecule has 100 valence electrons. The highest BCUT2D eigenvalue weighted by atomic mass is 16.5. The van der Waals surface area contributed by atoms with Crippen molar-refractivity contribution in [1.29, 1.82) is 0 Å². The van der Waals surface area contributed by atoms with Crippen molar-refractivity contribution in [3.63, 3.8) is 0 Å². The summed E-state index contributed by atoms with van der Waals surface area (Å²) in [4.78, 5) is 11.7. The molecule has 0 spiro atoms. The van der Waals surface area contributed by atoms with E-state index in [0.717, 1.165) is 18.6 Å². The summed E-state index contributed by atoms with van der Waals surface area (Å²) in [6.45, 7) is 2.97. The lowest BCUT2D eigenvalue weighted by Gasteiger charge is -2.21. The normalized spacial score (nSPS) is 16.7. The summed E-state index contributed by atoms with van der Waals surface area (Å²) in [5.74, 6) is 0.651. The zero-order chi connectivity index (χ0) is 12.8. The van der Waals surface area contributed by atoms with E-state index in [9.17, 15) is 4.79 Å². The predicted molar refractivity (Wildman–Crippen MR) is 68.6 cm³/mol. The number of rotatable bonds is 5. The molecule has 1 saturated carbocycles. The number of aryl methyl sites for hydroxylation is 1. The van der Waals surface area contributed by atoms with E-state index in [1.807, 2.05) is 6.92 Å². The van der Waals surface area contributed by atoms with Gasteiger partial charge in [-0.25, -0.2) is 0 Å². The van der Waals surface area contributed by atoms with Crippen LogP contribution in [0.15, 0.2) is 16.7 Å². The maximum Gasteiger partial charge on any atom is 0.254 e. The first-order valence-electron chi connectivity index (χ1n) is 6.70. The highest BCUT2D eigenvalue weighted by Crippen LogP contribution is 2.19. The third-order valence-electron chi connectivity index (χ3n) is 3.29. The van der Waals surface area contributed by atoms with E-state index < -0.39 is 0 Å². The Hall–Kier alpha value is -1.29. The second-order valence-corrected chi connectivity index (χ2v) is 4.83. The van der Waals surface area contributed by atoms with E-state index in [-0.39, 0.29) is 5.91 Å². The molecule has 0 unspecified atom stereocenters. The molecule has 1 aromatic heterocycles. The van der Waals surface area contributed by atoms with Crippen molar-refractivity contribution >= 4 is 5.91 Å². The van der Waals surface area contributed by atoms with Crippen molar-refractivity contribution < 1.29 is 13.9 Å². The van der Waals surface area contributed by atoms with E-state index in [1.54, 1.807) is 6.07 Å². The Balaban J connectivity index is 1.61. The largest absolute Gasteiger partial charge is 0.469 e. The molecular weight excluding hydrogens is 230 g/mol. The Morgan fingerprint density at radius 3 is 2.89 bits per heavy atom. The van der Waals surface area contributed by atoms with Gasteiger partial charge in [0.25, 0.3) is 5.91 Å². The molecule has 0 radical (unpaired) electrons. The van der Waals surface area contributed by atoms with Crippen molar-refractivity contribution in [2.75, 3.05) is 13.2 Å². The molecule has 0 aliphatic heterocycles. The predicted octanol–water partition coefficient (Wildman–Crippen LogP) is 2.67. The number of hydrogen-bond donors (Lipinski definition) is 1. The van der Waals surface area contributed by atoms with Gasteiger partial charge in [0.1, 0.15) is 12.0 Å². The van der Waals surface area contributed by atoms with Crippen molar-refractivity contribution in [1.82, 2.24) is 5.32 Å². The maximum atomic E-state index is 11.7. The number of carbonyl (C=O) groups excluding carboxylic acids is 1. The molecule has 1 heterocycles. The third kappa shape index (κ3) is 3.88. The van der Waals surface area contributed by atoms with Gasteiger partial charge in [-0.2, -0.15) is 0 Å². The van der Waals surface area contributed by atoms with Crippen molar-refractivity contribution in [3.8, 4) is 0 Å². The molecule has 18 heavy (non-hydrogen) atoms. The zero-order valence-corrected chi connectivity index (χ0v) is 10.9. The molecule has 0 saturated heterocycles. The maximum absolute atomic E-state index is 11.7. The van der Waals surface area contributed by atoms with Crippen molar-refractivity contribution in [2.24, 2.45) is 0 Å². The van der Waals surface area contributed by atoms with Gasteiger partial charge < -0.3 is 14.5 Å². The Labute approximate surface area is 108 Å². The minimum Gasteiger partial charge on any atom is -0.469 e. The molecule has 4 nitrogen and oxygen atoms in total. The number of furan rings is 1. The molecule has 0 atom stereocenters. The lowest BCUT2D eigenvalue weighted by atomic mass is 9.98. The summed E-state index contributed by atoms with van der Waals surface area (Å²) < 4.78 is 10.8. The minimum absolute atomic E-state index is 0.0981. The molecule has 1 aromatic rings. The molecular formula is C14H21NO3. The van der Waals surface area contributed by atoms with Gasteiger partial charge >= 0.3 is 0 Å². The molecule has 1 aliphatic rings. The van der Waals surface area contributed by atoms with Gasteiger partial charge in [0.2, 0.25) is 0 Å². The summed E-state index contributed by atoms with van der Waals surface area (Å²) in [5.41, 5.74) is 0.574. The lowest BCUT2D eigenvalue weighted by molar-refractivity contribution is 0.0299. The highest BCUT2D eigenvalue weighted by molar-refractivity contribution is 5.93. The van der Waals surface area contributed by atoms with E-state index in [2.05, 4.69) is 5.32 Å². The zero-order valence-electron chi connectivity index (χ0n) is 10.9. The van der Waals surface area contributed by atoms with E-state index in [1.165, 1.54) is 25.5 Å². The average molecular weight is 251 g/mol. The van der Waals surface area contributed by atoms with E-state index >= 15 is 0 Å². The molecule has 4 heteroatoms. The minimum atomic E-state index is -0.0981. The number of ether oxygens (including phenoxy) is 1. The molecule has 0 aromatic carbocycles. The first-order chi connectivity index (χ1) is 8.75. The first kappa shape index (κ1) is 13.1. The van der Waals surface area contributed by atoms with Crippen LogP contribution in [0.3, 0.4) is 0 Å². The van der Waals surface area contributed by atoms with Gasteiger partial charge in [-0.3, -0.25) is 4.79 Å². The lowest BCUT2D eigenvalue weighted by Crippen LogP contribution is -2.29. The number of nitrogens with one attached hydrogen (secondary N) is 1. The average Bonchev–Trinajstić information content (AvgIpc) is 2.82.